The monoisotopic (exact) mass is 422 g/mol. The van der Waals surface area contributed by atoms with E-state index in [2.05, 4.69) is 35.3 Å². The zero-order valence-electron chi connectivity index (χ0n) is 13.0. The van der Waals surface area contributed by atoms with Crippen LogP contribution in [0.5, 0.6) is 5.75 Å². The van der Waals surface area contributed by atoms with Gasteiger partial charge in [-0.15, -0.1) is 11.3 Å². The highest BCUT2D eigenvalue weighted by atomic mass is 79.9. The Morgan fingerprint density at radius 3 is 3.12 bits per heavy atom. The van der Waals surface area contributed by atoms with Gasteiger partial charge in [-0.1, -0.05) is 11.8 Å². The Bertz CT molecular complexity index is 991. The van der Waals surface area contributed by atoms with Gasteiger partial charge in [0.2, 0.25) is 0 Å². The van der Waals surface area contributed by atoms with Crippen LogP contribution < -0.4 is 4.74 Å². The second-order valence-electron chi connectivity index (χ2n) is 5.16. The number of thioether (sulfide) groups is 1. The average molecular weight is 423 g/mol. The average Bonchev–Trinajstić information content (AvgIpc) is 3.25. The number of nitrogens with zero attached hydrogens (tertiary/aromatic N) is 3. The number of benzene rings is 1. The highest BCUT2D eigenvalue weighted by Crippen LogP contribution is 2.26. The van der Waals surface area contributed by atoms with Crippen molar-refractivity contribution in [1.29, 1.82) is 0 Å². The molecular formula is C16H15BrN4OS2. The van der Waals surface area contributed by atoms with Crippen molar-refractivity contribution in [1.82, 2.24) is 19.4 Å². The lowest BCUT2D eigenvalue weighted by Crippen LogP contribution is -1.91. The van der Waals surface area contributed by atoms with Crippen molar-refractivity contribution in [2.75, 3.05) is 12.4 Å². The minimum atomic E-state index is 0.665. The first-order chi connectivity index (χ1) is 11.7. The number of rotatable bonds is 6. The van der Waals surface area contributed by atoms with Crippen LogP contribution in [0.2, 0.25) is 0 Å². The summed E-state index contributed by atoms with van der Waals surface area (Å²) in [4.78, 5) is 13.6. The summed E-state index contributed by atoms with van der Waals surface area (Å²) in [5.74, 6) is 1.79. The lowest BCUT2D eigenvalue weighted by atomic mass is 10.3. The molecule has 0 aliphatic heterocycles. The molecular weight excluding hydrogens is 408 g/mol. The third kappa shape index (κ3) is 3.05. The summed E-state index contributed by atoms with van der Waals surface area (Å²) in [5, 5.41) is 2.96. The van der Waals surface area contributed by atoms with E-state index < -0.39 is 0 Å². The molecule has 0 fully saturated rings. The van der Waals surface area contributed by atoms with Gasteiger partial charge in [0.15, 0.2) is 10.1 Å². The Hall–Kier alpha value is -1.51. The molecule has 4 rings (SSSR count). The molecule has 1 N–H and O–H groups in total. The maximum Gasteiger partial charge on any atom is 0.194 e. The molecule has 0 amide bonds. The summed E-state index contributed by atoms with van der Waals surface area (Å²) in [6, 6.07) is 5.94. The van der Waals surface area contributed by atoms with Gasteiger partial charge >= 0.3 is 0 Å². The van der Waals surface area contributed by atoms with Gasteiger partial charge < -0.3 is 9.72 Å². The van der Waals surface area contributed by atoms with Crippen molar-refractivity contribution in [2.45, 2.75) is 18.5 Å². The Labute approximate surface area is 155 Å². The first kappa shape index (κ1) is 16.0. The van der Waals surface area contributed by atoms with Crippen molar-refractivity contribution < 1.29 is 4.74 Å². The quantitative estimate of drug-likeness (QED) is 0.454. The second kappa shape index (κ2) is 6.78. The smallest absolute Gasteiger partial charge is 0.194 e. The van der Waals surface area contributed by atoms with Crippen molar-refractivity contribution in [3.8, 4) is 5.75 Å². The highest BCUT2D eigenvalue weighted by Gasteiger charge is 2.11. The number of thiazole rings is 1. The molecule has 1 aromatic carbocycles. The molecule has 0 unspecified atom stereocenters. The first-order valence-electron chi connectivity index (χ1n) is 7.60. The predicted octanol–water partition coefficient (Wildman–Crippen LogP) is 4.77. The molecule has 0 saturated carbocycles. The maximum absolute atomic E-state index is 5.53. The SMILES string of the molecule is CCOc1ccc2nc(SCCc3nc4sccn4c3Br)[nH]c2c1. The fraction of sp³-hybridized carbons (Fsp3) is 0.250. The van der Waals surface area contributed by atoms with Gasteiger partial charge in [-0.3, -0.25) is 4.40 Å². The fourth-order valence-electron chi connectivity index (χ4n) is 2.50. The molecule has 0 aliphatic rings. The summed E-state index contributed by atoms with van der Waals surface area (Å²) >= 11 is 6.98. The van der Waals surface area contributed by atoms with Crippen LogP contribution in [0.15, 0.2) is 39.5 Å². The number of imidazole rings is 2. The molecule has 0 atom stereocenters. The van der Waals surface area contributed by atoms with E-state index in [0.717, 1.165) is 49.4 Å². The third-order valence-electron chi connectivity index (χ3n) is 3.59. The van der Waals surface area contributed by atoms with E-state index in [4.69, 9.17) is 4.74 Å². The summed E-state index contributed by atoms with van der Waals surface area (Å²) in [6.45, 7) is 2.65. The van der Waals surface area contributed by atoms with E-state index in [1.54, 1.807) is 23.1 Å². The normalized spacial score (nSPS) is 11.6. The van der Waals surface area contributed by atoms with Gasteiger partial charge in [-0.2, -0.15) is 0 Å². The second-order valence-corrected chi connectivity index (χ2v) is 7.87. The van der Waals surface area contributed by atoms with Crippen molar-refractivity contribution in [2.24, 2.45) is 0 Å². The number of fused-ring (bicyclic) bond motifs is 2. The molecule has 8 heteroatoms. The number of hydrogen-bond acceptors (Lipinski definition) is 5. The summed E-state index contributed by atoms with van der Waals surface area (Å²) in [7, 11) is 0. The van der Waals surface area contributed by atoms with Crippen LogP contribution in [0.1, 0.15) is 12.6 Å². The van der Waals surface area contributed by atoms with E-state index in [-0.39, 0.29) is 0 Å². The Morgan fingerprint density at radius 1 is 1.38 bits per heavy atom. The molecule has 3 heterocycles. The number of H-pyrrole nitrogens is 1. The molecule has 0 spiro atoms. The van der Waals surface area contributed by atoms with E-state index in [0.29, 0.717) is 6.61 Å². The molecule has 124 valence electrons. The molecule has 0 aliphatic carbocycles. The highest BCUT2D eigenvalue weighted by molar-refractivity contribution is 9.10. The van der Waals surface area contributed by atoms with Crippen molar-refractivity contribution >= 4 is 55.0 Å². The number of hydrogen-bond donors (Lipinski definition) is 1. The van der Waals surface area contributed by atoms with Gasteiger partial charge in [0, 0.05) is 29.8 Å². The lowest BCUT2D eigenvalue weighted by Gasteiger charge is -2.00. The molecule has 24 heavy (non-hydrogen) atoms. The number of nitrogens with one attached hydrogen (secondary N) is 1. The van der Waals surface area contributed by atoms with E-state index in [1.807, 2.05) is 36.7 Å². The van der Waals surface area contributed by atoms with Crippen molar-refractivity contribution in [3.05, 3.63) is 40.1 Å². The molecule has 5 nitrogen and oxygen atoms in total. The van der Waals surface area contributed by atoms with Gasteiger partial charge in [0.05, 0.1) is 23.3 Å². The van der Waals surface area contributed by atoms with Crippen LogP contribution >= 0.6 is 39.0 Å². The molecule has 0 saturated heterocycles. The molecule has 0 bridgehead atoms. The topological polar surface area (TPSA) is 55.2 Å². The largest absolute Gasteiger partial charge is 0.494 e. The predicted molar refractivity (Wildman–Crippen MR) is 102 cm³/mol. The number of ether oxygens (including phenoxy) is 1. The number of aromatic nitrogens is 4. The fourth-order valence-corrected chi connectivity index (χ4v) is 4.75. The summed E-state index contributed by atoms with van der Waals surface area (Å²) < 4.78 is 8.64. The maximum atomic E-state index is 5.53. The zero-order valence-corrected chi connectivity index (χ0v) is 16.2. The standard InChI is InChI=1S/C16H15BrN4OS2/c1-2-22-10-3-4-11-13(9-10)19-15(18-11)23-7-5-12-14(17)21-6-8-24-16(21)20-12/h3-4,6,8-9H,2,5,7H2,1H3,(H,18,19). The lowest BCUT2D eigenvalue weighted by molar-refractivity contribution is 0.340. The van der Waals surface area contributed by atoms with E-state index in [1.165, 1.54) is 0 Å². The van der Waals surface area contributed by atoms with Crippen LogP contribution in [0, 0.1) is 0 Å². The Morgan fingerprint density at radius 2 is 2.29 bits per heavy atom. The summed E-state index contributed by atoms with van der Waals surface area (Å²) in [5.41, 5.74) is 3.06. The molecule has 0 radical (unpaired) electrons. The number of halogens is 1. The van der Waals surface area contributed by atoms with E-state index >= 15 is 0 Å². The van der Waals surface area contributed by atoms with Crippen LogP contribution in [-0.2, 0) is 6.42 Å². The van der Waals surface area contributed by atoms with Gasteiger partial charge in [0.1, 0.15) is 10.4 Å². The summed E-state index contributed by atoms with van der Waals surface area (Å²) in [6.07, 6.45) is 2.92. The van der Waals surface area contributed by atoms with Crippen LogP contribution in [0.4, 0.5) is 0 Å². The van der Waals surface area contributed by atoms with Crippen LogP contribution in [0.25, 0.3) is 16.0 Å². The van der Waals surface area contributed by atoms with Crippen molar-refractivity contribution in [3.63, 3.8) is 0 Å². The Balaban J connectivity index is 1.44. The minimum absolute atomic E-state index is 0.665. The minimum Gasteiger partial charge on any atom is -0.494 e. The van der Waals surface area contributed by atoms with Crippen LogP contribution in [-0.4, -0.2) is 31.7 Å². The zero-order chi connectivity index (χ0) is 16.5. The molecule has 3 aromatic heterocycles. The van der Waals surface area contributed by atoms with Crippen LogP contribution in [0.3, 0.4) is 0 Å². The Kier molecular flexibility index (Phi) is 4.51. The molecule has 4 aromatic rings. The van der Waals surface area contributed by atoms with E-state index in [9.17, 15) is 0 Å². The van der Waals surface area contributed by atoms with Gasteiger partial charge in [-0.05, 0) is 35.0 Å². The van der Waals surface area contributed by atoms with Gasteiger partial charge in [0.25, 0.3) is 0 Å². The third-order valence-corrected chi connectivity index (χ3v) is 6.06. The first-order valence-corrected chi connectivity index (χ1v) is 10.3. The number of aromatic amines is 1. The number of aryl methyl sites for hydroxylation is 1. The van der Waals surface area contributed by atoms with Gasteiger partial charge in [-0.25, -0.2) is 9.97 Å².